The molecule has 0 aliphatic rings. The molecule has 0 atom stereocenters. The topological polar surface area (TPSA) is 106 Å². The number of thioether (sulfide) groups is 1. The SMILES string of the molecule is Cc1sc(C(=O)NN)cc1CSc1n[nH]c(=O)n1C. The first-order chi connectivity index (χ1) is 9.02. The van der Waals surface area contributed by atoms with Gasteiger partial charge in [-0.25, -0.2) is 15.7 Å². The second kappa shape index (κ2) is 5.59. The van der Waals surface area contributed by atoms with Crippen LogP contribution in [0, 0.1) is 6.92 Å². The summed E-state index contributed by atoms with van der Waals surface area (Å²) in [5, 5.41) is 6.90. The van der Waals surface area contributed by atoms with E-state index in [2.05, 4.69) is 15.6 Å². The van der Waals surface area contributed by atoms with Crippen LogP contribution in [-0.4, -0.2) is 20.7 Å². The number of nitrogens with two attached hydrogens (primary N) is 1. The zero-order chi connectivity index (χ0) is 14.0. The summed E-state index contributed by atoms with van der Waals surface area (Å²) < 4.78 is 1.44. The molecule has 2 rings (SSSR count). The fourth-order valence-electron chi connectivity index (χ4n) is 1.45. The largest absolute Gasteiger partial charge is 0.343 e. The van der Waals surface area contributed by atoms with Crippen molar-refractivity contribution >= 4 is 29.0 Å². The van der Waals surface area contributed by atoms with Gasteiger partial charge in [0.2, 0.25) is 0 Å². The summed E-state index contributed by atoms with van der Waals surface area (Å²) in [4.78, 5) is 24.3. The number of aryl methyl sites for hydroxylation is 1. The molecule has 102 valence electrons. The first kappa shape index (κ1) is 13.8. The summed E-state index contributed by atoms with van der Waals surface area (Å²) in [5.41, 5.74) is 2.90. The quantitative estimate of drug-likeness (QED) is 0.327. The van der Waals surface area contributed by atoms with E-state index in [1.165, 1.54) is 27.7 Å². The Balaban J connectivity index is 2.12. The van der Waals surface area contributed by atoms with Crippen molar-refractivity contribution in [2.75, 3.05) is 0 Å². The van der Waals surface area contributed by atoms with Gasteiger partial charge < -0.3 is 0 Å². The molecule has 1 amide bonds. The molecule has 0 bridgehead atoms. The van der Waals surface area contributed by atoms with E-state index in [0.717, 1.165) is 10.4 Å². The van der Waals surface area contributed by atoms with Crippen LogP contribution in [0.1, 0.15) is 20.1 Å². The van der Waals surface area contributed by atoms with Gasteiger partial charge in [0.25, 0.3) is 5.91 Å². The minimum atomic E-state index is -0.295. The second-order valence-corrected chi connectivity index (χ2v) is 6.02. The molecule has 0 radical (unpaired) electrons. The second-order valence-electron chi connectivity index (χ2n) is 3.82. The predicted octanol–water partition coefficient (Wildman–Crippen LogP) is 0.374. The van der Waals surface area contributed by atoms with Crippen LogP contribution in [0.2, 0.25) is 0 Å². The van der Waals surface area contributed by atoms with Crippen LogP contribution in [0.3, 0.4) is 0 Å². The predicted molar refractivity (Wildman–Crippen MR) is 74.1 cm³/mol. The molecule has 2 aromatic heterocycles. The number of carbonyl (C=O) groups is 1. The van der Waals surface area contributed by atoms with Gasteiger partial charge in [0.15, 0.2) is 5.16 Å². The Labute approximate surface area is 117 Å². The average Bonchev–Trinajstić information content (AvgIpc) is 2.92. The maximum absolute atomic E-state index is 11.4. The molecule has 9 heteroatoms. The number of rotatable bonds is 4. The summed E-state index contributed by atoms with van der Waals surface area (Å²) in [6.45, 7) is 1.94. The number of hydrogen-bond acceptors (Lipinski definition) is 6. The highest BCUT2D eigenvalue weighted by Crippen LogP contribution is 2.27. The third-order valence-corrected chi connectivity index (χ3v) is 4.74. The number of H-pyrrole nitrogens is 1. The van der Waals surface area contributed by atoms with Gasteiger partial charge in [-0.15, -0.1) is 16.4 Å². The molecule has 19 heavy (non-hydrogen) atoms. The smallest absolute Gasteiger partial charge is 0.289 e. The molecule has 0 saturated heterocycles. The molecule has 0 unspecified atom stereocenters. The molecule has 0 aliphatic carbocycles. The van der Waals surface area contributed by atoms with Crippen LogP contribution in [-0.2, 0) is 12.8 Å². The van der Waals surface area contributed by atoms with Gasteiger partial charge >= 0.3 is 5.69 Å². The van der Waals surface area contributed by atoms with Gasteiger partial charge in [0.05, 0.1) is 4.88 Å². The number of hydrazine groups is 1. The van der Waals surface area contributed by atoms with Gasteiger partial charge in [-0.1, -0.05) is 11.8 Å². The first-order valence-corrected chi connectivity index (χ1v) is 7.17. The van der Waals surface area contributed by atoms with E-state index >= 15 is 0 Å². The lowest BCUT2D eigenvalue weighted by atomic mass is 10.3. The molecule has 0 aromatic carbocycles. The highest BCUT2D eigenvalue weighted by atomic mass is 32.2. The molecular weight excluding hydrogens is 286 g/mol. The number of nitrogens with zero attached hydrogens (tertiary/aromatic N) is 2. The molecule has 2 aromatic rings. The highest BCUT2D eigenvalue weighted by molar-refractivity contribution is 7.98. The zero-order valence-electron chi connectivity index (χ0n) is 10.4. The van der Waals surface area contributed by atoms with E-state index in [0.29, 0.717) is 15.8 Å². The number of nitrogen functional groups attached to an aromatic ring is 1. The number of hydrogen-bond donors (Lipinski definition) is 3. The Morgan fingerprint density at radius 1 is 1.68 bits per heavy atom. The fraction of sp³-hybridized carbons (Fsp3) is 0.300. The molecule has 7 nitrogen and oxygen atoms in total. The lowest BCUT2D eigenvalue weighted by molar-refractivity contribution is 0.0957. The van der Waals surface area contributed by atoms with Crippen molar-refractivity contribution in [2.24, 2.45) is 12.9 Å². The van der Waals surface area contributed by atoms with Crippen LogP contribution in [0.15, 0.2) is 16.0 Å². The van der Waals surface area contributed by atoms with E-state index in [4.69, 9.17) is 5.84 Å². The molecule has 0 saturated carbocycles. The lowest BCUT2D eigenvalue weighted by Gasteiger charge is -1.99. The lowest BCUT2D eigenvalue weighted by Crippen LogP contribution is -2.29. The van der Waals surface area contributed by atoms with E-state index in [-0.39, 0.29) is 11.6 Å². The van der Waals surface area contributed by atoms with Crippen molar-refractivity contribution in [1.29, 1.82) is 0 Å². The van der Waals surface area contributed by atoms with Crippen molar-refractivity contribution in [3.05, 3.63) is 31.9 Å². The Bertz CT molecular complexity index is 657. The fourth-order valence-corrected chi connectivity index (χ4v) is 3.46. The van der Waals surface area contributed by atoms with Gasteiger partial charge in [-0.3, -0.25) is 14.8 Å². The third-order valence-electron chi connectivity index (χ3n) is 2.57. The number of amides is 1. The van der Waals surface area contributed by atoms with Gasteiger partial charge in [-0.2, -0.15) is 0 Å². The Morgan fingerprint density at radius 3 is 3.00 bits per heavy atom. The van der Waals surface area contributed by atoms with Crippen molar-refractivity contribution < 1.29 is 4.79 Å². The number of carbonyl (C=O) groups excluding carboxylic acids is 1. The first-order valence-electron chi connectivity index (χ1n) is 5.37. The molecular formula is C10H13N5O2S2. The van der Waals surface area contributed by atoms with Gasteiger partial charge in [0, 0.05) is 17.7 Å². The Morgan fingerprint density at radius 2 is 2.42 bits per heavy atom. The van der Waals surface area contributed by atoms with Crippen LogP contribution in [0.25, 0.3) is 0 Å². The van der Waals surface area contributed by atoms with Crippen LogP contribution in [0.4, 0.5) is 0 Å². The van der Waals surface area contributed by atoms with Crippen LogP contribution >= 0.6 is 23.1 Å². The minimum absolute atomic E-state index is 0.243. The molecule has 4 N–H and O–H groups in total. The minimum Gasteiger partial charge on any atom is -0.289 e. The van der Waals surface area contributed by atoms with Crippen molar-refractivity contribution in [3.63, 3.8) is 0 Å². The molecule has 0 fully saturated rings. The molecule has 0 spiro atoms. The van der Waals surface area contributed by atoms with E-state index in [1.807, 2.05) is 6.92 Å². The zero-order valence-corrected chi connectivity index (χ0v) is 12.0. The summed E-state index contributed by atoms with van der Waals surface area (Å²) in [6.07, 6.45) is 0. The number of aromatic nitrogens is 3. The monoisotopic (exact) mass is 299 g/mol. The summed E-state index contributed by atoms with van der Waals surface area (Å²) in [7, 11) is 1.65. The number of thiophene rings is 1. The standard InChI is InChI=1S/C10H13N5O2S2/c1-5-6(3-7(19-5)8(16)12-11)4-18-10-14-13-9(17)15(10)2/h3H,4,11H2,1-2H3,(H,12,16)(H,13,17). The van der Waals surface area contributed by atoms with Crippen molar-refractivity contribution in [3.8, 4) is 0 Å². The molecule has 2 heterocycles. The van der Waals surface area contributed by atoms with Crippen molar-refractivity contribution in [2.45, 2.75) is 17.8 Å². The average molecular weight is 299 g/mol. The summed E-state index contributed by atoms with van der Waals surface area (Å²) >= 11 is 2.82. The van der Waals surface area contributed by atoms with Crippen molar-refractivity contribution in [1.82, 2.24) is 20.2 Å². The normalized spacial score (nSPS) is 10.7. The Hall–Kier alpha value is -1.58. The summed E-state index contributed by atoms with van der Waals surface area (Å²) in [6, 6.07) is 1.81. The third kappa shape index (κ3) is 2.88. The maximum atomic E-state index is 11.4. The van der Waals surface area contributed by atoms with Gasteiger partial charge in [0.1, 0.15) is 0 Å². The van der Waals surface area contributed by atoms with Crippen LogP contribution < -0.4 is 17.0 Å². The van der Waals surface area contributed by atoms with E-state index in [1.54, 1.807) is 13.1 Å². The Kier molecular flexibility index (Phi) is 4.08. The number of nitrogens with one attached hydrogen (secondary N) is 2. The van der Waals surface area contributed by atoms with Gasteiger partial charge in [-0.05, 0) is 18.6 Å². The summed E-state index contributed by atoms with van der Waals surface area (Å²) in [5.74, 6) is 5.44. The molecule has 0 aliphatic heterocycles. The maximum Gasteiger partial charge on any atom is 0.343 e. The number of aromatic amines is 1. The highest BCUT2D eigenvalue weighted by Gasteiger charge is 2.13. The van der Waals surface area contributed by atoms with E-state index in [9.17, 15) is 9.59 Å². The van der Waals surface area contributed by atoms with Crippen LogP contribution in [0.5, 0.6) is 0 Å². The van der Waals surface area contributed by atoms with E-state index < -0.39 is 0 Å².